The molecule has 0 heterocycles. The van der Waals surface area contributed by atoms with Gasteiger partial charge in [-0.3, -0.25) is 25.2 Å². The molecule has 2 aromatic rings. The summed E-state index contributed by atoms with van der Waals surface area (Å²) in [5, 5.41) is 3.14. The monoisotopic (exact) mass is 405 g/mol. The van der Waals surface area contributed by atoms with Crippen LogP contribution in [0.1, 0.15) is 27.1 Å². The topological polar surface area (TPSA) is 106 Å². The summed E-state index contributed by atoms with van der Waals surface area (Å²) in [6, 6.07) is 11.0. The van der Waals surface area contributed by atoms with Crippen LogP contribution in [0.5, 0.6) is 11.5 Å². The van der Waals surface area contributed by atoms with E-state index in [-0.39, 0.29) is 24.4 Å². The molecule has 0 atom stereocenters. The van der Waals surface area contributed by atoms with Gasteiger partial charge in [0.25, 0.3) is 11.8 Å². The van der Waals surface area contributed by atoms with E-state index < -0.39 is 11.8 Å². The van der Waals surface area contributed by atoms with Crippen molar-refractivity contribution >= 4 is 29.3 Å². The number of benzene rings is 2. The third kappa shape index (κ3) is 5.88. The van der Waals surface area contributed by atoms with Crippen molar-refractivity contribution in [2.75, 3.05) is 20.8 Å². The number of hydrazine groups is 1. The Labute approximate surface area is 167 Å². The van der Waals surface area contributed by atoms with Crippen molar-refractivity contribution in [1.29, 1.82) is 0 Å². The van der Waals surface area contributed by atoms with Gasteiger partial charge < -0.3 is 14.8 Å². The van der Waals surface area contributed by atoms with Gasteiger partial charge in [0, 0.05) is 29.1 Å². The number of amides is 3. The molecule has 0 aliphatic heterocycles. The third-order valence-corrected chi connectivity index (χ3v) is 3.96. The molecular weight excluding hydrogens is 386 g/mol. The van der Waals surface area contributed by atoms with Crippen molar-refractivity contribution in [2.45, 2.75) is 6.42 Å². The van der Waals surface area contributed by atoms with Crippen LogP contribution in [-0.2, 0) is 4.79 Å². The maximum Gasteiger partial charge on any atom is 0.269 e. The van der Waals surface area contributed by atoms with Gasteiger partial charge in [0.05, 0.1) is 14.2 Å². The minimum Gasteiger partial charge on any atom is -0.493 e. The number of carbonyl (C=O) groups is 3. The molecule has 2 aromatic carbocycles. The third-order valence-electron chi connectivity index (χ3n) is 3.71. The molecule has 0 fully saturated rings. The zero-order valence-electron chi connectivity index (χ0n) is 15.4. The Bertz CT molecular complexity index is 855. The molecule has 8 nitrogen and oxygen atoms in total. The standard InChI is InChI=1S/C19H20ClN3O5/c1-27-15-8-5-13(11-16(15)28-2)19(26)23-22-17(24)9-10-21-18(25)12-3-6-14(20)7-4-12/h3-8,11H,9-10H2,1-2H3,(H,21,25)(H,22,24)(H,23,26). The highest BCUT2D eigenvalue weighted by Gasteiger charge is 2.12. The average Bonchev–Trinajstić information content (AvgIpc) is 2.71. The second-order valence-electron chi connectivity index (χ2n) is 5.58. The van der Waals surface area contributed by atoms with Crippen LogP contribution in [-0.4, -0.2) is 38.5 Å². The molecule has 3 amide bonds. The van der Waals surface area contributed by atoms with Gasteiger partial charge in [0.15, 0.2) is 11.5 Å². The van der Waals surface area contributed by atoms with Gasteiger partial charge >= 0.3 is 0 Å². The number of methoxy groups -OCH3 is 2. The van der Waals surface area contributed by atoms with Gasteiger partial charge in [-0.2, -0.15) is 0 Å². The molecule has 3 N–H and O–H groups in total. The quantitative estimate of drug-likeness (QED) is 0.610. The number of ether oxygens (including phenoxy) is 2. The molecule has 9 heteroatoms. The summed E-state index contributed by atoms with van der Waals surface area (Å²) in [7, 11) is 2.95. The predicted octanol–water partition coefficient (Wildman–Crippen LogP) is 1.94. The van der Waals surface area contributed by atoms with Gasteiger partial charge in [-0.25, -0.2) is 0 Å². The maximum absolute atomic E-state index is 12.1. The van der Waals surface area contributed by atoms with E-state index in [4.69, 9.17) is 21.1 Å². The highest BCUT2D eigenvalue weighted by molar-refractivity contribution is 6.30. The summed E-state index contributed by atoms with van der Waals surface area (Å²) in [6.45, 7) is 0.111. The van der Waals surface area contributed by atoms with E-state index >= 15 is 0 Å². The summed E-state index contributed by atoms with van der Waals surface area (Å²) >= 11 is 5.77. The van der Waals surface area contributed by atoms with Crippen LogP contribution in [0.4, 0.5) is 0 Å². The Morgan fingerprint density at radius 1 is 0.857 bits per heavy atom. The molecule has 0 radical (unpaired) electrons. The van der Waals surface area contributed by atoms with E-state index in [0.29, 0.717) is 22.1 Å². The van der Waals surface area contributed by atoms with Gasteiger partial charge in [-0.05, 0) is 42.5 Å². The Hall–Kier alpha value is -3.26. The lowest BCUT2D eigenvalue weighted by molar-refractivity contribution is -0.121. The molecule has 0 bridgehead atoms. The molecule has 0 saturated carbocycles. The fourth-order valence-electron chi connectivity index (χ4n) is 2.23. The van der Waals surface area contributed by atoms with Gasteiger partial charge in [0.1, 0.15) is 0 Å². The van der Waals surface area contributed by atoms with Crippen LogP contribution in [0, 0.1) is 0 Å². The van der Waals surface area contributed by atoms with Crippen LogP contribution in [0.2, 0.25) is 5.02 Å². The van der Waals surface area contributed by atoms with Crippen LogP contribution < -0.4 is 25.6 Å². The normalized spacial score (nSPS) is 9.96. The first-order valence-electron chi connectivity index (χ1n) is 8.29. The summed E-state index contributed by atoms with van der Waals surface area (Å²) < 4.78 is 10.2. The van der Waals surface area contributed by atoms with E-state index in [1.807, 2.05) is 0 Å². The van der Waals surface area contributed by atoms with Crippen LogP contribution in [0.15, 0.2) is 42.5 Å². The number of hydrogen-bond acceptors (Lipinski definition) is 5. The van der Waals surface area contributed by atoms with Crippen molar-refractivity contribution < 1.29 is 23.9 Å². The lowest BCUT2D eigenvalue weighted by Crippen LogP contribution is -2.42. The van der Waals surface area contributed by atoms with Crippen LogP contribution in [0.25, 0.3) is 0 Å². The van der Waals surface area contributed by atoms with Crippen molar-refractivity contribution in [1.82, 2.24) is 16.2 Å². The number of halogens is 1. The average molecular weight is 406 g/mol. The number of carbonyl (C=O) groups excluding carboxylic acids is 3. The maximum atomic E-state index is 12.1. The Morgan fingerprint density at radius 3 is 2.14 bits per heavy atom. The first kappa shape index (κ1) is 21.0. The van der Waals surface area contributed by atoms with Gasteiger partial charge in [0.2, 0.25) is 5.91 Å². The van der Waals surface area contributed by atoms with Crippen molar-refractivity contribution in [3.05, 3.63) is 58.6 Å². The number of nitrogens with one attached hydrogen (secondary N) is 3. The minimum atomic E-state index is -0.514. The van der Waals surface area contributed by atoms with E-state index in [2.05, 4.69) is 16.2 Å². The molecule has 0 saturated heterocycles. The van der Waals surface area contributed by atoms with Crippen LogP contribution >= 0.6 is 11.6 Å². The zero-order chi connectivity index (χ0) is 20.5. The lowest BCUT2D eigenvalue weighted by atomic mass is 10.2. The summed E-state index contributed by atoms with van der Waals surface area (Å²) in [4.78, 5) is 35.9. The molecule has 2 rings (SSSR count). The highest BCUT2D eigenvalue weighted by Crippen LogP contribution is 2.27. The molecule has 0 aliphatic carbocycles. The molecule has 0 spiro atoms. The summed E-state index contributed by atoms with van der Waals surface area (Å²) in [5.74, 6) is -0.408. The van der Waals surface area contributed by atoms with Gasteiger partial charge in [-0.15, -0.1) is 0 Å². The fourth-order valence-corrected chi connectivity index (χ4v) is 2.36. The second-order valence-corrected chi connectivity index (χ2v) is 6.02. The first-order valence-corrected chi connectivity index (χ1v) is 8.67. The van der Waals surface area contributed by atoms with Gasteiger partial charge in [-0.1, -0.05) is 11.6 Å². The Balaban J connectivity index is 1.76. The predicted molar refractivity (Wildman–Crippen MR) is 104 cm³/mol. The Morgan fingerprint density at radius 2 is 1.50 bits per heavy atom. The molecule has 0 aromatic heterocycles. The largest absolute Gasteiger partial charge is 0.493 e. The molecule has 0 aliphatic rings. The van der Waals surface area contributed by atoms with Crippen LogP contribution in [0.3, 0.4) is 0 Å². The highest BCUT2D eigenvalue weighted by atomic mass is 35.5. The van der Waals surface area contributed by atoms with E-state index in [0.717, 1.165) is 0 Å². The molecular formula is C19H20ClN3O5. The summed E-state index contributed by atoms with van der Waals surface area (Å²) in [5.41, 5.74) is 5.31. The first-order chi connectivity index (χ1) is 13.4. The smallest absolute Gasteiger partial charge is 0.269 e. The number of rotatable bonds is 7. The van der Waals surface area contributed by atoms with E-state index in [1.54, 1.807) is 30.3 Å². The minimum absolute atomic E-state index is 0.00839. The number of hydrogen-bond donors (Lipinski definition) is 3. The van der Waals surface area contributed by atoms with Crippen molar-refractivity contribution in [3.8, 4) is 11.5 Å². The molecule has 28 heavy (non-hydrogen) atoms. The van der Waals surface area contributed by atoms with Crippen molar-refractivity contribution in [3.63, 3.8) is 0 Å². The second kappa shape index (κ2) is 10.2. The SMILES string of the molecule is COc1ccc(C(=O)NNC(=O)CCNC(=O)c2ccc(Cl)cc2)cc1OC. The Kier molecular flexibility index (Phi) is 7.65. The fraction of sp³-hybridized carbons (Fsp3) is 0.211. The molecule has 148 valence electrons. The van der Waals surface area contributed by atoms with Crippen molar-refractivity contribution in [2.24, 2.45) is 0 Å². The summed E-state index contributed by atoms with van der Waals surface area (Å²) in [6.07, 6.45) is -0.00839. The van der Waals surface area contributed by atoms with E-state index in [1.165, 1.54) is 26.4 Å². The zero-order valence-corrected chi connectivity index (χ0v) is 16.1. The molecule has 0 unspecified atom stereocenters. The van der Waals surface area contributed by atoms with E-state index in [9.17, 15) is 14.4 Å². The lowest BCUT2D eigenvalue weighted by Gasteiger charge is -2.11.